The molecular formula is C12H16N2O3. The SMILES string of the molecule is CC1OCCC1CNc1cccnc1C(=O)O. The van der Waals surface area contributed by atoms with Gasteiger partial charge >= 0.3 is 5.97 Å². The Balaban J connectivity index is 2.01. The third kappa shape index (κ3) is 2.74. The molecule has 0 aromatic carbocycles. The molecule has 2 rings (SSSR count). The standard InChI is InChI=1S/C12H16N2O3/c1-8-9(4-6-17-8)7-14-10-3-2-5-13-11(10)12(15)16/h2-3,5,8-9,14H,4,6-7H2,1H3,(H,15,16). The lowest BCUT2D eigenvalue weighted by atomic mass is 10.0. The largest absolute Gasteiger partial charge is 0.476 e. The summed E-state index contributed by atoms with van der Waals surface area (Å²) in [5.41, 5.74) is 0.637. The first-order chi connectivity index (χ1) is 8.18. The Kier molecular flexibility index (Phi) is 3.58. The van der Waals surface area contributed by atoms with Crippen molar-refractivity contribution < 1.29 is 14.6 Å². The highest BCUT2D eigenvalue weighted by atomic mass is 16.5. The summed E-state index contributed by atoms with van der Waals surface area (Å²) in [5.74, 6) is -0.583. The zero-order valence-corrected chi connectivity index (χ0v) is 9.72. The fourth-order valence-corrected chi connectivity index (χ4v) is 2.00. The average Bonchev–Trinajstić information content (AvgIpc) is 2.72. The highest BCUT2D eigenvalue weighted by Gasteiger charge is 2.24. The van der Waals surface area contributed by atoms with Crippen LogP contribution in [0.15, 0.2) is 18.3 Å². The van der Waals surface area contributed by atoms with Crippen molar-refractivity contribution in [3.8, 4) is 0 Å². The quantitative estimate of drug-likeness (QED) is 0.831. The van der Waals surface area contributed by atoms with Crippen LogP contribution in [0.2, 0.25) is 0 Å². The molecule has 0 radical (unpaired) electrons. The molecule has 0 saturated carbocycles. The number of rotatable bonds is 4. The van der Waals surface area contributed by atoms with Crippen LogP contribution in [-0.2, 0) is 4.74 Å². The van der Waals surface area contributed by atoms with Gasteiger partial charge in [-0.15, -0.1) is 0 Å². The fourth-order valence-electron chi connectivity index (χ4n) is 2.00. The Morgan fingerprint density at radius 2 is 2.53 bits per heavy atom. The predicted molar refractivity (Wildman–Crippen MR) is 63.2 cm³/mol. The van der Waals surface area contributed by atoms with Crippen LogP contribution in [0.3, 0.4) is 0 Å². The topological polar surface area (TPSA) is 71.5 Å². The highest BCUT2D eigenvalue weighted by Crippen LogP contribution is 2.21. The lowest BCUT2D eigenvalue weighted by Crippen LogP contribution is -2.21. The van der Waals surface area contributed by atoms with E-state index in [1.807, 2.05) is 6.92 Å². The van der Waals surface area contributed by atoms with Crippen LogP contribution in [0.5, 0.6) is 0 Å². The summed E-state index contributed by atoms with van der Waals surface area (Å²) in [4.78, 5) is 14.8. The van der Waals surface area contributed by atoms with Gasteiger partial charge in [-0.05, 0) is 25.5 Å². The number of nitrogens with zero attached hydrogens (tertiary/aromatic N) is 1. The number of hydrogen-bond donors (Lipinski definition) is 2. The number of aromatic nitrogens is 1. The van der Waals surface area contributed by atoms with Crippen LogP contribution in [-0.4, -0.2) is 35.3 Å². The minimum Gasteiger partial charge on any atom is -0.476 e. The van der Waals surface area contributed by atoms with Gasteiger partial charge in [0.2, 0.25) is 0 Å². The van der Waals surface area contributed by atoms with Gasteiger partial charge in [-0.1, -0.05) is 0 Å². The summed E-state index contributed by atoms with van der Waals surface area (Å²) in [6.45, 7) is 3.54. The van der Waals surface area contributed by atoms with Crippen molar-refractivity contribution >= 4 is 11.7 Å². The van der Waals surface area contributed by atoms with Gasteiger partial charge < -0.3 is 15.2 Å². The van der Waals surface area contributed by atoms with Gasteiger partial charge in [-0.2, -0.15) is 0 Å². The third-order valence-corrected chi connectivity index (χ3v) is 3.10. The molecule has 2 atom stereocenters. The van der Waals surface area contributed by atoms with Crippen LogP contribution in [0.25, 0.3) is 0 Å². The molecule has 0 spiro atoms. The zero-order valence-electron chi connectivity index (χ0n) is 9.72. The zero-order chi connectivity index (χ0) is 12.3. The van der Waals surface area contributed by atoms with Crippen LogP contribution in [0.1, 0.15) is 23.8 Å². The number of carboxylic acid groups (broad SMARTS) is 1. The minimum absolute atomic E-state index is 0.0686. The first-order valence-corrected chi connectivity index (χ1v) is 5.72. The molecule has 1 fully saturated rings. The van der Waals surface area contributed by atoms with Crippen molar-refractivity contribution in [3.05, 3.63) is 24.0 Å². The molecule has 92 valence electrons. The van der Waals surface area contributed by atoms with E-state index in [1.165, 1.54) is 6.20 Å². The highest BCUT2D eigenvalue weighted by molar-refractivity contribution is 5.91. The molecule has 2 heterocycles. The Bertz CT molecular complexity index is 408. The molecule has 1 aromatic rings. The summed E-state index contributed by atoms with van der Waals surface area (Å²) in [6.07, 6.45) is 2.72. The first kappa shape index (κ1) is 11.9. The normalized spacial score (nSPS) is 23.6. The number of hydrogen-bond acceptors (Lipinski definition) is 4. The average molecular weight is 236 g/mol. The summed E-state index contributed by atoms with van der Waals surface area (Å²) < 4.78 is 5.46. The van der Waals surface area contributed by atoms with Gasteiger partial charge in [0.1, 0.15) is 0 Å². The van der Waals surface area contributed by atoms with E-state index in [2.05, 4.69) is 10.3 Å². The van der Waals surface area contributed by atoms with Crippen molar-refractivity contribution in [1.82, 2.24) is 4.98 Å². The van der Waals surface area contributed by atoms with Crippen molar-refractivity contribution in [2.45, 2.75) is 19.4 Å². The Morgan fingerprint density at radius 1 is 1.71 bits per heavy atom. The number of nitrogens with one attached hydrogen (secondary N) is 1. The Hall–Kier alpha value is -1.62. The van der Waals surface area contributed by atoms with E-state index >= 15 is 0 Å². The first-order valence-electron chi connectivity index (χ1n) is 5.72. The second-order valence-electron chi connectivity index (χ2n) is 4.21. The summed E-state index contributed by atoms with van der Waals surface area (Å²) in [7, 11) is 0. The summed E-state index contributed by atoms with van der Waals surface area (Å²) in [6, 6.07) is 3.46. The molecule has 0 amide bonds. The number of aromatic carboxylic acids is 1. The van der Waals surface area contributed by atoms with Gasteiger partial charge in [0.05, 0.1) is 11.8 Å². The molecule has 1 aliphatic rings. The minimum atomic E-state index is -1.01. The van der Waals surface area contributed by atoms with E-state index in [4.69, 9.17) is 9.84 Å². The van der Waals surface area contributed by atoms with Crippen molar-refractivity contribution in [2.24, 2.45) is 5.92 Å². The van der Waals surface area contributed by atoms with Gasteiger partial charge in [0.15, 0.2) is 5.69 Å². The Labute approximate surface area is 99.8 Å². The summed E-state index contributed by atoms with van der Waals surface area (Å²) >= 11 is 0. The van der Waals surface area contributed by atoms with Crippen molar-refractivity contribution in [3.63, 3.8) is 0 Å². The van der Waals surface area contributed by atoms with Gasteiger partial charge in [-0.25, -0.2) is 9.78 Å². The molecular weight excluding hydrogens is 220 g/mol. The lowest BCUT2D eigenvalue weighted by Gasteiger charge is -2.16. The molecule has 1 aliphatic heterocycles. The van der Waals surface area contributed by atoms with Crippen molar-refractivity contribution in [2.75, 3.05) is 18.5 Å². The molecule has 2 N–H and O–H groups in total. The fraction of sp³-hybridized carbons (Fsp3) is 0.500. The number of carboxylic acids is 1. The number of anilines is 1. The van der Waals surface area contributed by atoms with Crippen LogP contribution in [0.4, 0.5) is 5.69 Å². The second-order valence-corrected chi connectivity index (χ2v) is 4.21. The van der Waals surface area contributed by atoms with E-state index in [0.29, 0.717) is 18.2 Å². The molecule has 2 unspecified atom stereocenters. The molecule has 17 heavy (non-hydrogen) atoms. The molecule has 1 saturated heterocycles. The van der Waals surface area contributed by atoms with E-state index in [1.54, 1.807) is 12.1 Å². The van der Waals surface area contributed by atoms with Crippen LogP contribution < -0.4 is 5.32 Å². The second kappa shape index (κ2) is 5.14. The maximum absolute atomic E-state index is 11.0. The van der Waals surface area contributed by atoms with Crippen LogP contribution >= 0.6 is 0 Å². The number of ether oxygens (including phenoxy) is 1. The van der Waals surface area contributed by atoms with Gasteiger partial charge in [0.25, 0.3) is 0 Å². The molecule has 5 nitrogen and oxygen atoms in total. The molecule has 0 aliphatic carbocycles. The van der Waals surface area contributed by atoms with E-state index < -0.39 is 5.97 Å². The maximum Gasteiger partial charge on any atom is 0.356 e. The molecule has 0 bridgehead atoms. The lowest BCUT2D eigenvalue weighted by molar-refractivity contribution is 0.0691. The van der Waals surface area contributed by atoms with Gasteiger partial charge in [-0.3, -0.25) is 0 Å². The molecule has 5 heteroatoms. The maximum atomic E-state index is 11.0. The smallest absolute Gasteiger partial charge is 0.356 e. The monoisotopic (exact) mass is 236 g/mol. The van der Waals surface area contributed by atoms with E-state index in [9.17, 15) is 4.79 Å². The third-order valence-electron chi connectivity index (χ3n) is 3.10. The number of carbonyl (C=O) groups is 1. The van der Waals surface area contributed by atoms with Crippen molar-refractivity contribution in [1.29, 1.82) is 0 Å². The molecule has 1 aromatic heterocycles. The van der Waals surface area contributed by atoms with E-state index in [-0.39, 0.29) is 11.8 Å². The van der Waals surface area contributed by atoms with Gasteiger partial charge in [0, 0.05) is 25.3 Å². The van der Waals surface area contributed by atoms with E-state index in [0.717, 1.165) is 13.0 Å². The Morgan fingerprint density at radius 3 is 3.18 bits per heavy atom. The predicted octanol–water partition coefficient (Wildman–Crippen LogP) is 1.62. The number of pyridine rings is 1. The summed E-state index contributed by atoms with van der Waals surface area (Å²) in [5, 5.41) is 12.1. The van der Waals surface area contributed by atoms with Crippen LogP contribution in [0, 0.1) is 5.92 Å².